The van der Waals surface area contributed by atoms with Crippen molar-refractivity contribution >= 4 is 11.8 Å². The molecule has 1 saturated carbocycles. The Kier molecular flexibility index (Phi) is 6.92. The fourth-order valence-corrected chi connectivity index (χ4v) is 5.18. The van der Waals surface area contributed by atoms with E-state index >= 15 is 0 Å². The predicted molar refractivity (Wildman–Crippen MR) is 116 cm³/mol. The third-order valence-corrected chi connectivity index (χ3v) is 7.12. The smallest absolute Gasteiger partial charge is 0.259 e. The van der Waals surface area contributed by atoms with Crippen molar-refractivity contribution in [2.24, 2.45) is 5.92 Å². The molecule has 3 aliphatic rings. The van der Waals surface area contributed by atoms with Crippen LogP contribution in [0.1, 0.15) is 62.2 Å². The van der Waals surface area contributed by atoms with E-state index in [0.29, 0.717) is 25.3 Å². The van der Waals surface area contributed by atoms with Crippen molar-refractivity contribution in [1.82, 2.24) is 15.1 Å². The van der Waals surface area contributed by atoms with Crippen molar-refractivity contribution in [3.63, 3.8) is 0 Å². The van der Waals surface area contributed by atoms with Gasteiger partial charge in [0.1, 0.15) is 17.6 Å². The van der Waals surface area contributed by atoms with Gasteiger partial charge < -0.3 is 15.0 Å². The minimum atomic E-state index is -0.819. The molecule has 31 heavy (non-hydrogen) atoms. The highest BCUT2D eigenvalue weighted by atomic mass is 19.1. The van der Waals surface area contributed by atoms with E-state index in [4.69, 9.17) is 4.74 Å². The highest BCUT2D eigenvalue weighted by Crippen LogP contribution is 2.43. The zero-order valence-electron chi connectivity index (χ0n) is 18.4. The van der Waals surface area contributed by atoms with Crippen molar-refractivity contribution in [3.8, 4) is 0 Å². The molecule has 3 fully saturated rings. The normalized spacial score (nSPS) is 29.3. The number of piperidine rings is 1. The Hall–Kier alpha value is -1.99. The van der Waals surface area contributed by atoms with E-state index in [1.54, 1.807) is 17.0 Å². The van der Waals surface area contributed by atoms with Gasteiger partial charge in [-0.05, 0) is 69.7 Å². The predicted octanol–water partition coefficient (Wildman–Crippen LogP) is 3.18. The van der Waals surface area contributed by atoms with E-state index in [-0.39, 0.29) is 18.1 Å². The van der Waals surface area contributed by atoms with Crippen LogP contribution in [0.4, 0.5) is 4.39 Å². The first-order chi connectivity index (χ1) is 15.0. The van der Waals surface area contributed by atoms with Gasteiger partial charge in [-0.25, -0.2) is 4.39 Å². The van der Waals surface area contributed by atoms with Gasteiger partial charge in [0, 0.05) is 13.1 Å². The lowest BCUT2D eigenvalue weighted by Crippen LogP contribution is -2.57. The summed E-state index contributed by atoms with van der Waals surface area (Å²) in [7, 11) is 0. The molecule has 2 aliphatic heterocycles. The maximum atomic E-state index is 14.5. The molecule has 0 bridgehead atoms. The summed E-state index contributed by atoms with van der Waals surface area (Å²) in [5, 5.41) is 3.01. The second-order valence-electron chi connectivity index (χ2n) is 9.30. The molecular formula is C24H34FN3O3. The Morgan fingerprint density at radius 3 is 2.58 bits per heavy atom. The molecule has 0 aromatic heterocycles. The first-order valence-corrected chi connectivity index (χ1v) is 11.7. The Labute approximate surface area is 184 Å². The van der Waals surface area contributed by atoms with E-state index in [1.165, 1.54) is 31.4 Å². The number of hydrogen-bond donors (Lipinski definition) is 1. The van der Waals surface area contributed by atoms with E-state index in [1.807, 2.05) is 0 Å². The number of likely N-dealkylation sites (tertiary alicyclic amines) is 1. The first-order valence-electron chi connectivity index (χ1n) is 11.7. The Morgan fingerprint density at radius 2 is 1.87 bits per heavy atom. The average Bonchev–Trinajstić information content (AvgIpc) is 3.15. The van der Waals surface area contributed by atoms with Crippen LogP contribution >= 0.6 is 0 Å². The van der Waals surface area contributed by atoms with Crippen LogP contribution in [0.25, 0.3) is 0 Å². The summed E-state index contributed by atoms with van der Waals surface area (Å²) in [5.41, 5.74) is -0.821. The van der Waals surface area contributed by atoms with Crippen LogP contribution in [-0.2, 0) is 9.53 Å². The number of halogens is 1. The molecular weight excluding hydrogens is 397 g/mol. The van der Waals surface area contributed by atoms with Crippen LogP contribution in [0.3, 0.4) is 0 Å². The van der Waals surface area contributed by atoms with Crippen LogP contribution in [0.5, 0.6) is 0 Å². The SMILES string of the molecule is CC1CCC2(CC1)OC[C@H](C(=O)NCCN1CCCCC1)N2C(=O)c1ccccc1F. The largest absolute Gasteiger partial charge is 0.353 e. The Bertz CT molecular complexity index is 788. The summed E-state index contributed by atoms with van der Waals surface area (Å²) in [6, 6.07) is 5.25. The molecule has 1 aromatic carbocycles. The molecule has 6 nitrogen and oxygen atoms in total. The molecule has 0 unspecified atom stereocenters. The van der Waals surface area contributed by atoms with Gasteiger partial charge in [0.05, 0.1) is 12.2 Å². The third-order valence-electron chi connectivity index (χ3n) is 7.12. The maximum absolute atomic E-state index is 14.5. The summed E-state index contributed by atoms with van der Waals surface area (Å²) in [6.45, 7) is 5.84. The quantitative estimate of drug-likeness (QED) is 0.778. The molecule has 1 atom stereocenters. The molecule has 1 spiro atoms. The third kappa shape index (κ3) is 4.77. The number of nitrogens with zero attached hydrogens (tertiary/aromatic N) is 2. The molecule has 1 N–H and O–H groups in total. The van der Waals surface area contributed by atoms with Gasteiger partial charge in [-0.1, -0.05) is 25.5 Å². The van der Waals surface area contributed by atoms with Crippen LogP contribution < -0.4 is 5.32 Å². The lowest BCUT2D eigenvalue weighted by atomic mass is 9.83. The van der Waals surface area contributed by atoms with Gasteiger partial charge in [-0.3, -0.25) is 14.5 Å². The van der Waals surface area contributed by atoms with Crippen molar-refractivity contribution in [2.75, 3.05) is 32.8 Å². The van der Waals surface area contributed by atoms with Crippen LogP contribution in [0.2, 0.25) is 0 Å². The lowest BCUT2D eigenvalue weighted by molar-refractivity contribution is -0.127. The zero-order valence-corrected chi connectivity index (χ0v) is 18.4. The molecule has 7 heteroatoms. The number of amides is 2. The van der Waals surface area contributed by atoms with Crippen molar-refractivity contribution in [1.29, 1.82) is 0 Å². The van der Waals surface area contributed by atoms with E-state index < -0.39 is 23.5 Å². The summed E-state index contributed by atoms with van der Waals surface area (Å²) in [6.07, 6.45) is 6.87. The molecule has 0 radical (unpaired) electrons. The fraction of sp³-hybridized carbons (Fsp3) is 0.667. The molecule has 2 amide bonds. The Morgan fingerprint density at radius 1 is 1.16 bits per heavy atom. The number of carbonyl (C=O) groups is 2. The van der Waals surface area contributed by atoms with Gasteiger partial charge in [-0.2, -0.15) is 0 Å². The van der Waals surface area contributed by atoms with Crippen molar-refractivity contribution in [3.05, 3.63) is 35.6 Å². The van der Waals surface area contributed by atoms with Gasteiger partial charge in [0.25, 0.3) is 5.91 Å². The van der Waals surface area contributed by atoms with Gasteiger partial charge >= 0.3 is 0 Å². The fourth-order valence-electron chi connectivity index (χ4n) is 5.18. The monoisotopic (exact) mass is 431 g/mol. The second-order valence-corrected chi connectivity index (χ2v) is 9.30. The minimum absolute atomic E-state index is 0.00267. The Balaban J connectivity index is 1.49. The van der Waals surface area contributed by atoms with Gasteiger partial charge in [-0.15, -0.1) is 0 Å². The first kappa shape index (κ1) is 22.2. The second kappa shape index (κ2) is 9.65. The summed E-state index contributed by atoms with van der Waals surface area (Å²) in [4.78, 5) is 30.5. The molecule has 1 aliphatic carbocycles. The molecule has 2 saturated heterocycles. The number of hydrogen-bond acceptors (Lipinski definition) is 4. The number of nitrogens with one attached hydrogen (secondary N) is 1. The molecule has 2 heterocycles. The summed E-state index contributed by atoms with van der Waals surface area (Å²) >= 11 is 0. The van der Waals surface area contributed by atoms with Crippen molar-refractivity contribution < 1.29 is 18.7 Å². The topological polar surface area (TPSA) is 61.9 Å². The van der Waals surface area contributed by atoms with Crippen LogP contribution in [0, 0.1) is 11.7 Å². The molecule has 170 valence electrons. The zero-order chi connectivity index (χ0) is 21.8. The highest BCUT2D eigenvalue weighted by molar-refractivity contribution is 5.98. The average molecular weight is 432 g/mol. The summed E-state index contributed by atoms with van der Waals surface area (Å²) < 4.78 is 20.6. The maximum Gasteiger partial charge on any atom is 0.259 e. The van der Waals surface area contributed by atoms with E-state index in [9.17, 15) is 14.0 Å². The standard InChI is InChI=1S/C24H34FN3O3/c1-18-9-11-24(12-10-18)28(23(30)19-7-3-4-8-20(19)25)21(17-31-24)22(29)26-13-16-27-14-5-2-6-15-27/h3-4,7-8,18,21H,2,5-6,9-17H2,1H3,(H,26,29)/t18?,21-,24?/m1/s1. The van der Waals surface area contributed by atoms with E-state index in [2.05, 4.69) is 17.1 Å². The van der Waals surface area contributed by atoms with E-state index in [0.717, 1.165) is 32.5 Å². The summed E-state index contributed by atoms with van der Waals surface area (Å²) in [5.74, 6) is -0.682. The minimum Gasteiger partial charge on any atom is -0.353 e. The molecule has 4 rings (SSSR count). The lowest BCUT2D eigenvalue weighted by Gasteiger charge is -2.43. The van der Waals surface area contributed by atoms with Crippen LogP contribution in [-0.4, -0.2) is 66.2 Å². The number of benzene rings is 1. The molecule has 1 aromatic rings. The number of rotatable bonds is 5. The highest BCUT2D eigenvalue weighted by Gasteiger charge is 2.53. The van der Waals surface area contributed by atoms with Gasteiger partial charge in [0.15, 0.2) is 0 Å². The number of ether oxygens (including phenoxy) is 1. The number of carbonyl (C=O) groups excluding carboxylic acids is 2. The van der Waals surface area contributed by atoms with Crippen LogP contribution in [0.15, 0.2) is 24.3 Å². The van der Waals surface area contributed by atoms with Crippen molar-refractivity contribution in [2.45, 2.75) is 63.6 Å². The van der Waals surface area contributed by atoms with Gasteiger partial charge in [0.2, 0.25) is 5.91 Å².